The molecule has 1 aliphatic heterocycles. The Labute approximate surface area is 140 Å². The Kier molecular flexibility index (Phi) is 6.62. The highest BCUT2D eigenvalue weighted by Crippen LogP contribution is 2.40. The molecule has 1 aromatic carbocycles. The Balaban J connectivity index is 1.93. The van der Waals surface area contributed by atoms with Gasteiger partial charge in [0.15, 0.2) is 0 Å². The first-order valence-electron chi connectivity index (χ1n) is 7.42. The zero-order chi connectivity index (χ0) is 16.1. The van der Waals surface area contributed by atoms with Crippen LogP contribution in [0, 0.1) is 5.92 Å². The van der Waals surface area contributed by atoms with E-state index in [1.165, 1.54) is 0 Å². The van der Waals surface area contributed by atoms with Crippen LogP contribution in [0.1, 0.15) is 31.9 Å². The van der Waals surface area contributed by atoms with Crippen LogP contribution in [0.15, 0.2) is 30.3 Å². The van der Waals surface area contributed by atoms with Crippen LogP contribution in [0.5, 0.6) is 0 Å². The van der Waals surface area contributed by atoms with E-state index in [0.717, 1.165) is 5.56 Å². The van der Waals surface area contributed by atoms with E-state index in [1.54, 1.807) is 23.5 Å². The third kappa shape index (κ3) is 4.65. The fourth-order valence-corrected chi connectivity index (χ4v) is 5.21. The molecule has 0 amide bonds. The van der Waals surface area contributed by atoms with Crippen molar-refractivity contribution in [2.45, 2.75) is 37.0 Å². The predicted molar refractivity (Wildman–Crippen MR) is 92.8 cm³/mol. The Morgan fingerprint density at radius 3 is 2.36 bits per heavy atom. The van der Waals surface area contributed by atoms with Gasteiger partial charge >= 0.3 is 5.97 Å². The Morgan fingerprint density at radius 2 is 1.86 bits per heavy atom. The van der Waals surface area contributed by atoms with Crippen molar-refractivity contribution in [3.8, 4) is 0 Å². The summed E-state index contributed by atoms with van der Waals surface area (Å²) in [6.07, 6.45) is 0.134. The number of nitrogens with zero attached hydrogens (tertiary/aromatic N) is 1. The van der Waals surface area contributed by atoms with Crippen LogP contribution in [0.3, 0.4) is 0 Å². The van der Waals surface area contributed by atoms with E-state index in [4.69, 9.17) is 0 Å². The molecule has 0 saturated carbocycles. The summed E-state index contributed by atoms with van der Waals surface area (Å²) in [6, 6.07) is 9.20. The van der Waals surface area contributed by atoms with Crippen molar-refractivity contribution in [2.24, 2.45) is 5.92 Å². The van der Waals surface area contributed by atoms with E-state index in [-0.39, 0.29) is 4.58 Å². The number of benzene rings is 1. The summed E-state index contributed by atoms with van der Waals surface area (Å²) >= 11 is 3.25. The summed E-state index contributed by atoms with van der Waals surface area (Å²) in [6.45, 7) is 4.09. The number of rotatable bonds is 6. The molecule has 0 bridgehead atoms. The van der Waals surface area contributed by atoms with Gasteiger partial charge in [-0.1, -0.05) is 44.2 Å². The summed E-state index contributed by atoms with van der Waals surface area (Å²) in [7, 11) is 0. The molecule has 1 aliphatic rings. The van der Waals surface area contributed by atoms with Gasteiger partial charge in [-0.3, -0.25) is 9.69 Å². The maximum atomic E-state index is 11.5. The van der Waals surface area contributed by atoms with Gasteiger partial charge in [-0.05, 0) is 17.9 Å². The fourth-order valence-electron chi connectivity index (χ4n) is 2.45. The smallest absolute Gasteiger partial charge is 0.320 e. The van der Waals surface area contributed by atoms with Gasteiger partial charge in [-0.25, -0.2) is 0 Å². The first kappa shape index (κ1) is 17.7. The minimum absolute atomic E-state index is 0.0483. The zero-order valence-corrected chi connectivity index (χ0v) is 14.5. The van der Waals surface area contributed by atoms with Crippen LogP contribution in [0.4, 0.5) is 0 Å². The quantitative estimate of drug-likeness (QED) is 0.828. The summed E-state index contributed by atoms with van der Waals surface area (Å²) in [5, 5.41) is 19.9. The van der Waals surface area contributed by atoms with Crippen molar-refractivity contribution in [1.82, 2.24) is 4.90 Å². The van der Waals surface area contributed by atoms with E-state index in [2.05, 4.69) is 0 Å². The molecule has 6 heteroatoms. The van der Waals surface area contributed by atoms with Gasteiger partial charge in [0.2, 0.25) is 0 Å². The molecule has 1 saturated heterocycles. The maximum Gasteiger partial charge on any atom is 0.320 e. The molecule has 4 nitrogen and oxygen atoms in total. The summed E-state index contributed by atoms with van der Waals surface area (Å²) in [5.41, 5.74) is 0.915. The van der Waals surface area contributed by atoms with Crippen LogP contribution in [0.25, 0.3) is 0 Å². The third-order valence-electron chi connectivity index (χ3n) is 3.63. The van der Waals surface area contributed by atoms with Gasteiger partial charge in [0, 0.05) is 11.8 Å². The Bertz CT molecular complexity index is 476. The van der Waals surface area contributed by atoms with Crippen LogP contribution in [-0.2, 0) is 4.79 Å². The van der Waals surface area contributed by atoms with Gasteiger partial charge in [0.1, 0.15) is 12.1 Å². The third-order valence-corrected chi connectivity index (χ3v) is 6.58. The number of thioether (sulfide) groups is 2. The molecular weight excluding hydrogens is 318 g/mol. The molecule has 0 aliphatic carbocycles. The van der Waals surface area contributed by atoms with Crippen molar-refractivity contribution in [2.75, 3.05) is 11.8 Å². The Morgan fingerprint density at radius 1 is 1.27 bits per heavy atom. The van der Waals surface area contributed by atoms with Gasteiger partial charge in [0.25, 0.3) is 0 Å². The first-order valence-corrected chi connectivity index (χ1v) is 9.52. The highest BCUT2D eigenvalue weighted by molar-refractivity contribution is 8.17. The van der Waals surface area contributed by atoms with Gasteiger partial charge in [-0.15, -0.1) is 23.5 Å². The largest absolute Gasteiger partial charge is 0.480 e. The molecule has 0 radical (unpaired) electrons. The average Bonchev–Trinajstić information content (AvgIpc) is 2.52. The molecule has 122 valence electrons. The molecule has 0 spiro atoms. The number of aliphatic hydroxyl groups is 1. The second-order valence-electron chi connectivity index (χ2n) is 5.89. The van der Waals surface area contributed by atoms with Crippen LogP contribution < -0.4 is 0 Å². The highest BCUT2D eigenvalue weighted by atomic mass is 32.2. The van der Waals surface area contributed by atoms with E-state index in [9.17, 15) is 15.0 Å². The van der Waals surface area contributed by atoms with Crippen LogP contribution >= 0.6 is 23.5 Å². The van der Waals surface area contributed by atoms with Crippen molar-refractivity contribution < 1.29 is 15.0 Å². The molecule has 22 heavy (non-hydrogen) atoms. The lowest BCUT2D eigenvalue weighted by Gasteiger charge is -2.36. The molecule has 1 heterocycles. The number of carboxylic acid groups (broad SMARTS) is 1. The molecule has 2 rings (SSSR count). The number of hydrogen-bond donors (Lipinski definition) is 2. The zero-order valence-electron chi connectivity index (χ0n) is 12.9. The molecular formula is C16H23NO3S2. The average molecular weight is 341 g/mol. The predicted octanol–water partition coefficient (Wildman–Crippen LogP) is 3.24. The molecule has 0 aromatic heterocycles. The van der Waals surface area contributed by atoms with Crippen molar-refractivity contribution in [3.63, 3.8) is 0 Å². The number of carbonyl (C=O) groups is 1. The molecule has 2 atom stereocenters. The number of hydrogen-bond acceptors (Lipinski definition) is 5. The number of carboxylic acids is 1. The van der Waals surface area contributed by atoms with Gasteiger partial charge in [-0.2, -0.15) is 0 Å². The lowest BCUT2D eigenvalue weighted by atomic mass is 10.0. The van der Waals surface area contributed by atoms with E-state index >= 15 is 0 Å². The summed E-state index contributed by atoms with van der Waals surface area (Å²) < 4.78 is 0.0483. The van der Waals surface area contributed by atoms with Crippen molar-refractivity contribution >= 4 is 29.5 Å². The SMILES string of the molecule is CC(C)C[C@@H](C(=O)O)N1CSC(C(O)c2ccccc2)SC1. The maximum absolute atomic E-state index is 11.5. The normalized spacial score (nSPS) is 20.0. The topological polar surface area (TPSA) is 60.8 Å². The molecule has 1 unspecified atom stereocenters. The van der Waals surface area contributed by atoms with E-state index in [1.807, 2.05) is 49.1 Å². The highest BCUT2D eigenvalue weighted by Gasteiger charge is 2.33. The van der Waals surface area contributed by atoms with E-state index < -0.39 is 18.1 Å². The van der Waals surface area contributed by atoms with Crippen LogP contribution in [-0.4, -0.2) is 43.5 Å². The minimum atomic E-state index is -0.753. The second kappa shape index (κ2) is 8.24. The standard InChI is InChI=1S/C16H23NO3S2/c1-11(2)8-13(15(19)20)17-9-21-16(22-10-17)14(18)12-6-4-3-5-7-12/h3-7,11,13-14,16,18H,8-10H2,1-2H3,(H,19,20)/t13-,14?/m0/s1. The number of aliphatic carboxylic acids is 1. The van der Waals surface area contributed by atoms with E-state index in [0.29, 0.717) is 24.1 Å². The fraction of sp³-hybridized carbons (Fsp3) is 0.562. The lowest BCUT2D eigenvalue weighted by molar-refractivity contribution is -0.143. The number of aliphatic hydroxyl groups excluding tert-OH is 1. The van der Waals surface area contributed by atoms with Gasteiger partial charge in [0.05, 0.1) is 4.58 Å². The van der Waals surface area contributed by atoms with Crippen LogP contribution in [0.2, 0.25) is 0 Å². The summed E-state index contributed by atoms with van der Waals surface area (Å²) in [4.78, 5) is 13.5. The molecule has 1 aromatic rings. The Hall–Kier alpha value is -0.690. The summed E-state index contributed by atoms with van der Waals surface area (Å²) in [5.74, 6) is 0.886. The van der Waals surface area contributed by atoms with Crippen molar-refractivity contribution in [3.05, 3.63) is 35.9 Å². The minimum Gasteiger partial charge on any atom is -0.480 e. The van der Waals surface area contributed by atoms with Crippen molar-refractivity contribution in [1.29, 1.82) is 0 Å². The van der Waals surface area contributed by atoms with Gasteiger partial charge < -0.3 is 10.2 Å². The molecule has 2 N–H and O–H groups in total. The monoisotopic (exact) mass is 341 g/mol. The lowest BCUT2D eigenvalue weighted by Crippen LogP contribution is -2.44. The first-order chi connectivity index (χ1) is 10.5. The second-order valence-corrected chi connectivity index (χ2v) is 8.38. The molecule has 1 fully saturated rings.